The van der Waals surface area contributed by atoms with Gasteiger partial charge in [-0.05, 0) is 49.6 Å². The lowest BCUT2D eigenvalue weighted by Gasteiger charge is -2.26. The van der Waals surface area contributed by atoms with E-state index in [1.165, 1.54) is 4.31 Å². The zero-order valence-corrected chi connectivity index (χ0v) is 19.6. The van der Waals surface area contributed by atoms with E-state index < -0.39 is 10.0 Å². The first-order valence-corrected chi connectivity index (χ1v) is 12.5. The van der Waals surface area contributed by atoms with Crippen LogP contribution >= 0.6 is 0 Å². The van der Waals surface area contributed by atoms with E-state index in [4.69, 9.17) is 4.74 Å². The second-order valence-electron chi connectivity index (χ2n) is 7.63. The highest BCUT2D eigenvalue weighted by molar-refractivity contribution is 7.89. The molecule has 32 heavy (non-hydrogen) atoms. The number of morpholine rings is 1. The molecule has 1 aliphatic heterocycles. The minimum absolute atomic E-state index is 0.0529. The summed E-state index contributed by atoms with van der Waals surface area (Å²) in [4.78, 5) is 19.1. The van der Waals surface area contributed by atoms with E-state index in [1.807, 2.05) is 12.1 Å². The fraction of sp³-hybridized carbons (Fsp3) is 0.478. The number of benzene rings is 1. The largest absolute Gasteiger partial charge is 0.379 e. The summed E-state index contributed by atoms with van der Waals surface area (Å²) in [5.74, 6) is 0.881. The molecule has 2 aromatic rings. The molecule has 174 valence electrons. The predicted octanol–water partition coefficient (Wildman–Crippen LogP) is 2.20. The minimum Gasteiger partial charge on any atom is -0.379 e. The molecule has 0 atom stereocenters. The van der Waals surface area contributed by atoms with Crippen molar-refractivity contribution in [1.82, 2.24) is 14.6 Å². The number of ether oxygens (including phenoxy) is 1. The van der Waals surface area contributed by atoms with Gasteiger partial charge in [-0.25, -0.2) is 13.4 Å². The van der Waals surface area contributed by atoms with E-state index in [0.29, 0.717) is 45.7 Å². The Morgan fingerprint density at radius 3 is 2.31 bits per heavy atom. The third-order valence-corrected chi connectivity index (χ3v) is 7.47. The molecule has 1 fully saturated rings. The molecule has 0 unspecified atom stereocenters. The minimum atomic E-state index is -3.50. The Balaban J connectivity index is 1.46. The Morgan fingerprint density at radius 1 is 1.06 bits per heavy atom. The van der Waals surface area contributed by atoms with Crippen molar-refractivity contribution in [3.05, 3.63) is 53.7 Å². The fourth-order valence-corrected chi connectivity index (χ4v) is 4.97. The van der Waals surface area contributed by atoms with E-state index >= 15 is 0 Å². The summed E-state index contributed by atoms with van der Waals surface area (Å²) in [7, 11) is -3.50. The smallest absolute Gasteiger partial charge is 0.243 e. The second kappa shape index (κ2) is 11.4. The number of pyridine rings is 1. The van der Waals surface area contributed by atoms with Crippen LogP contribution in [-0.2, 0) is 32.5 Å². The lowest BCUT2D eigenvalue weighted by Crippen LogP contribution is -2.40. The van der Waals surface area contributed by atoms with Crippen LogP contribution in [0.2, 0.25) is 0 Å². The van der Waals surface area contributed by atoms with Gasteiger partial charge in [0.2, 0.25) is 15.9 Å². The molecule has 2 heterocycles. The molecular formula is C23H32N4O4S. The summed E-state index contributed by atoms with van der Waals surface area (Å²) in [5, 5.41) is 2.92. The molecule has 1 aromatic carbocycles. The summed E-state index contributed by atoms with van der Waals surface area (Å²) in [6, 6.07) is 10.7. The SMILES string of the molecule is CCN(CC)c1ccc(CNC(=O)CCc2ccc(S(=O)(=O)N3CCOCC3)cc2)cn1. The number of rotatable bonds is 10. The predicted molar refractivity (Wildman–Crippen MR) is 124 cm³/mol. The van der Waals surface area contributed by atoms with Gasteiger partial charge in [0.15, 0.2) is 0 Å². The highest BCUT2D eigenvalue weighted by atomic mass is 32.2. The van der Waals surface area contributed by atoms with Crippen LogP contribution in [0.25, 0.3) is 0 Å². The van der Waals surface area contributed by atoms with Gasteiger partial charge in [0.1, 0.15) is 5.82 Å². The molecule has 8 nitrogen and oxygen atoms in total. The average molecular weight is 461 g/mol. The third kappa shape index (κ3) is 6.27. The normalized spacial score (nSPS) is 14.8. The Labute approximate surface area is 190 Å². The van der Waals surface area contributed by atoms with Crippen molar-refractivity contribution >= 4 is 21.7 Å². The number of carbonyl (C=O) groups is 1. The lowest BCUT2D eigenvalue weighted by atomic mass is 10.1. The quantitative estimate of drug-likeness (QED) is 0.584. The van der Waals surface area contributed by atoms with Gasteiger partial charge >= 0.3 is 0 Å². The van der Waals surface area contributed by atoms with E-state index in [9.17, 15) is 13.2 Å². The maximum atomic E-state index is 12.7. The molecule has 1 amide bonds. The lowest BCUT2D eigenvalue weighted by molar-refractivity contribution is -0.121. The molecule has 1 aromatic heterocycles. The summed E-state index contributed by atoms with van der Waals surface area (Å²) >= 11 is 0. The van der Waals surface area contributed by atoms with Gasteiger partial charge in [-0.15, -0.1) is 0 Å². The molecule has 0 radical (unpaired) electrons. The number of nitrogens with one attached hydrogen (secondary N) is 1. The number of anilines is 1. The van der Waals surface area contributed by atoms with Gasteiger partial charge in [0, 0.05) is 45.3 Å². The van der Waals surface area contributed by atoms with Crippen LogP contribution in [0.5, 0.6) is 0 Å². The van der Waals surface area contributed by atoms with Crippen molar-refractivity contribution in [3.8, 4) is 0 Å². The monoisotopic (exact) mass is 460 g/mol. The van der Waals surface area contributed by atoms with Gasteiger partial charge in [-0.3, -0.25) is 4.79 Å². The van der Waals surface area contributed by atoms with Crippen LogP contribution in [0.3, 0.4) is 0 Å². The van der Waals surface area contributed by atoms with Crippen molar-refractivity contribution in [1.29, 1.82) is 0 Å². The highest BCUT2D eigenvalue weighted by Gasteiger charge is 2.26. The average Bonchev–Trinajstić information content (AvgIpc) is 2.84. The van der Waals surface area contributed by atoms with E-state index in [1.54, 1.807) is 30.5 Å². The van der Waals surface area contributed by atoms with Gasteiger partial charge in [-0.1, -0.05) is 18.2 Å². The van der Waals surface area contributed by atoms with Gasteiger partial charge < -0.3 is 15.0 Å². The van der Waals surface area contributed by atoms with Crippen LogP contribution in [0.4, 0.5) is 5.82 Å². The molecule has 0 bridgehead atoms. The molecule has 1 N–H and O–H groups in total. The fourth-order valence-electron chi connectivity index (χ4n) is 3.57. The Kier molecular flexibility index (Phi) is 8.60. The van der Waals surface area contributed by atoms with Crippen LogP contribution in [0, 0.1) is 0 Å². The second-order valence-corrected chi connectivity index (χ2v) is 9.57. The van der Waals surface area contributed by atoms with Crippen LogP contribution in [0.15, 0.2) is 47.5 Å². The van der Waals surface area contributed by atoms with E-state index in [-0.39, 0.29) is 10.8 Å². The summed E-state index contributed by atoms with van der Waals surface area (Å²) in [6.45, 7) is 8.01. The van der Waals surface area contributed by atoms with Gasteiger partial charge in [0.05, 0.1) is 18.1 Å². The third-order valence-electron chi connectivity index (χ3n) is 5.56. The van der Waals surface area contributed by atoms with Crippen LogP contribution < -0.4 is 10.2 Å². The Morgan fingerprint density at radius 2 is 1.72 bits per heavy atom. The van der Waals surface area contributed by atoms with Gasteiger partial charge in [0.25, 0.3) is 0 Å². The first-order valence-electron chi connectivity index (χ1n) is 11.1. The summed E-state index contributed by atoms with van der Waals surface area (Å²) in [5.41, 5.74) is 1.87. The molecular weight excluding hydrogens is 428 g/mol. The van der Waals surface area contributed by atoms with Gasteiger partial charge in [-0.2, -0.15) is 4.31 Å². The molecule has 0 spiro atoms. The molecule has 9 heteroatoms. The molecule has 0 aliphatic carbocycles. The summed E-state index contributed by atoms with van der Waals surface area (Å²) in [6.07, 6.45) is 2.67. The van der Waals surface area contributed by atoms with Crippen molar-refractivity contribution < 1.29 is 17.9 Å². The van der Waals surface area contributed by atoms with Crippen molar-refractivity contribution in [3.63, 3.8) is 0 Å². The maximum absolute atomic E-state index is 12.7. The van der Waals surface area contributed by atoms with Crippen LogP contribution in [-0.4, -0.2) is 63.0 Å². The highest BCUT2D eigenvalue weighted by Crippen LogP contribution is 2.18. The number of hydrogen-bond donors (Lipinski definition) is 1. The number of carbonyl (C=O) groups excluding carboxylic acids is 1. The molecule has 1 saturated heterocycles. The molecule has 0 saturated carbocycles. The Hall–Kier alpha value is -2.49. The van der Waals surface area contributed by atoms with Crippen molar-refractivity contribution in [2.24, 2.45) is 0 Å². The number of aryl methyl sites for hydroxylation is 1. The topological polar surface area (TPSA) is 91.8 Å². The maximum Gasteiger partial charge on any atom is 0.243 e. The zero-order chi connectivity index (χ0) is 23.0. The van der Waals surface area contributed by atoms with E-state index in [2.05, 4.69) is 29.0 Å². The standard InChI is InChI=1S/C23H32N4O4S/c1-3-26(4-2)22-11-7-20(17-24-22)18-25-23(28)12-8-19-5-9-21(10-6-19)32(29,30)27-13-15-31-16-14-27/h5-7,9-11,17H,3-4,8,12-16,18H2,1-2H3,(H,25,28). The number of hydrogen-bond acceptors (Lipinski definition) is 6. The zero-order valence-electron chi connectivity index (χ0n) is 18.8. The number of sulfonamides is 1. The first kappa shape index (κ1) is 24.2. The summed E-state index contributed by atoms with van der Waals surface area (Å²) < 4.78 is 32.0. The first-order chi connectivity index (χ1) is 15.4. The van der Waals surface area contributed by atoms with E-state index in [0.717, 1.165) is 30.0 Å². The number of aromatic nitrogens is 1. The van der Waals surface area contributed by atoms with Crippen LogP contribution in [0.1, 0.15) is 31.4 Å². The Bertz CT molecular complexity index is 968. The number of amides is 1. The molecule has 3 rings (SSSR count). The number of nitrogens with zero attached hydrogens (tertiary/aromatic N) is 3. The molecule has 1 aliphatic rings. The van der Waals surface area contributed by atoms with Crippen molar-refractivity contribution in [2.75, 3.05) is 44.3 Å². The van der Waals surface area contributed by atoms with Crippen molar-refractivity contribution in [2.45, 2.75) is 38.1 Å².